The van der Waals surface area contributed by atoms with Crippen molar-refractivity contribution in [3.05, 3.63) is 82.5 Å². The number of nitrogens with zero attached hydrogens (tertiary/aromatic N) is 4. The van der Waals surface area contributed by atoms with E-state index in [1.807, 2.05) is 12.1 Å². The van der Waals surface area contributed by atoms with Crippen LogP contribution >= 0.6 is 0 Å². The molecule has 1 unspecified atom stereocenters. The van der Waals surface area contributed by atoms with Gasteiger partial charge in [0.1, 0.15) is 5.82 Å². The number of carbonyl (C=O) groups excluding carboxylic acids is 1. The number of piperidine rings is 1. The maximum atomic E-state index is 14.3. The number of pyridine rings is 1. The lowest BCUT2D eigenvalue weighted by molar-refractivity contribution is -0.120. The number of fused-ring (bicyclic) bond motifs is 1. The smallest absolute Gasteiger partial charge is 0.250 e. The molecular weight excluding hydrogens is 514 g/mol. The zero-order chi connectivity index (χ0) is 28.0. The highest BCUT2D eigenvalue weighted by Crippen LogP contribution is 2.41. The summed E-state index contributed by atoms with van der Waals surface area (Å²) in [5.41, 5.74) is 3.84. The highest BCUT2D eigenvalue weighted by molar-refractivity contribution is 5.95. The van der Waals surface area contributed by atoms with Crippen molar-refractivity contribution in [2.24, 2.45) is 7.05 Å². The van der Waals surface area contributed by atoms with Crippen molar-refractivity contribution in [1.82, 2.24) is 14.1 Å². The molecule has 1 aliphatic carbocycles. The molecule has 2 fully saturated rings. The number of hydrogen-bond acceptors (Lipinski definition) is 4. The van der Waals surface area contributed by atoms with E-state index in [4.69, 9.17) is 9.72 Å². The van der Waals surface area contributed by atoms with Crippen LogP contribution in [-0.2, 0) is 16.6 Å². The number of imidazole rings is 1. The standard InChI is InChI=1S/C31H32F2N4O3/c1-35-18-20(7-15-29(35)38)19-6-14-27-26(16-19)34-31(37(27)21-8-11-23(40-2)12-9-21)28-4-3-5-30(39)36(28)22-10-13-24(32)25(33)17-22/h6-7,10,13-18,21,23,28H,3-5,8-9,11-12H2,1-2H3. The Morgan fingerprint density at radius 3 is 2.40 bits per heavy atom. The number of methoxy groups -OCH3 is 1. The number of carbonyl (C=O) groups is 1. The molecule has 4 aromatic rings. The third kappa shape index (κ3) is 4.72. The maximum absolute atomic E-state index is 14.3. The molecule has 1 saturated carbocycles. The van der Waals surface area contributed by atoms with Crippen LogP contribution in [0, 0.1) is 11.6 Å². The van der Waals surface area contributed by atoms with Gasteiger partial charge in [-0.3, -0.25) is 9.59 Å². The number of benzene rings is 2. The zero-order valence-corrected chi connectivity index (χ0v) is 22.6. The third-order valence-electron chi connectivity index (χ3n) is 8.41. The molecule has 1 aliphatic heterocycles. The van der Waals surface area contributed by atoms with E-state index >= 15 is 0 Å². The summed E-state index contributed by atoms with van der Waals surface area (Å²) < 4.78 is 37.5. The number of aromatic nitrogens is 3. The first-order valence-corrected chi connectivity index (χ1v) is 13.8. The third-order valence-corrected chi connectivity index (χ3v) is 8.41. The SMILES string of the molecule is COC1CCC(n2c(C3CCCC(=O)N3c3ccc(F)c(F)c3)nc3cc(-c4ccc(=O)n(C)c4)ccc32)CC1. The van der Waals surface area contributed by atoms with Crippen molar-refractivity contribution in [1.29, 1.82) is 0 Å². The summed E-state index contributed by atoms with van der Waals surface area (Å²) in [6, 6.07) is 12.8. The first-order valence-electron chi connectivity index (χ1n) is 13.8. The van der Waals surface area contributed by atoms with E-state index < -0.39 is 17.7 Å². The van der Waals surface area contributed by atoms with Gasteiger partial charge in [0.15, 0.2) is 11.6 Å². The molecular formula is C31H32F2N4O3. The molecule has 9 heteroatoms. The summed E-state index contributed by atoms with van der Waals surface area (Å²) in [4.78, 5) is 31.9. The van der Waals surface area contributed by atoms with E-state index in [9.17, 15) is 18.4 Å². The number of hydrogen-bond donors (Lipinski definition) is 0. The Kier molecular flexibility index (Phi) is 7.00. The van der Waals surface area contributed by atoms with Gasteiger partial charge >= 0.3 is 0 Å². The van der Waals surface area contributed by atoms with Gasteiger partial charge in [0.2, 0.25) is 11.5 Å². The second-order valence-corrected chi connectivity index (χ2v) is 10.8. The Bertz CT molecular complexity index is 1640. The van der Waals surface area contributed by atoms with Crippen LogP contribution in [0.4, 0.5) is 14.5 Å². The average Bonchev–Trinajstić information content (AvgIpc) is 3.34. The molecule has 2 aliphatic rings. The number of amides is 1. The molecule has 0 spiro atoms. The number of halogens is 2. The molecule has 1 amide bonds. The summed E-state index contributed by atoms with van der Waals surface area (Å²) in [5.74, 6) is -1.30. The molecule has 0 bridgehead atoms. The quantitative estimate of drug-likeness (QED) is 0.305. The van der Waals surface area contributed by atoms with E-state index in [0.717, 1.165) is 65.8 Å². The van der Waals surface area contributed by atoms with Gasteiger partial charge in [-0.05, 0) is 80.0 Å². The fraction of sp³-hybridized carbons (Fsp3) is 0.387. The van der Waals surface area contributed by atoms with Gasteiger partial charge in [-0.2, -0.15) is 0 Å². The molecule has 40 heavy (non-hydrogen) atoms. The lowest BCUT2D eigenvalue weighted by Gasteiger charge is -2.37. The van der Waals surface area contributed by atoms with Crippen LogP contribution < -0.4 is 10.5 Å². The van der Waals surface area contributed by atoms with E-state index in [0.29, 0.717) is 24.9 Å². The van der Waals surface area contributed by atoms with Crippen LogP contribution in [0.3, 0.4) is 0 Å². The molecule has 6 rings (SSSR count). The Labute approximate surface area is 231 Å². The molecule has 0 radical (unpaired) electrons. The largest absolute Gasteiger partial charge is 0.381 e. The summed E-state index contributed by atoms with van der Waals surface area (Å²) in [6.45, 7) is 0. The van der Waals surface area contributed by atoms with Crippen LogP contribution in [-0.4, -0.2) is 33.2 Å². The van der Waals surface area contributed by atoms with Crippen molar-refractivity contribution >= 4 is 22.6 Å². The normalized spacial score (nSPS) is 21.8. The zero-order valence-electron chi connectivity index (χ0n) is 22.6. The summed E-state index contributed by atoms with van der Waals surface area (Å²) in [7, 11) is 3.47. The van der Waals surface area contributed by atoms with Gasteiger partial charge < -0.3 is 18.8 Å². The Morgan fingerprint density at radius 1 is 0.900 bits per heavy atom. The van der Waals surface area contributed by atoms with Gasteiger partial charge in [0.05, 0.1) is 23.2 Å². The minimum absolute atomic E-state index is 0.0812. The minimum atomic E-state index is -0.983. The van der Waals surface area contributed by atoms with Gasteiger partial charge in [0, 0.05) is 50.6 Å². The van der Waals surface area contributed by atoms with E-state index in [1.165, 1.54) is 6.07 Å². The van der Waals surface area contributed by atoms with Crippen LogP contribution in [0.5, 0.6) is 0 Å². The lowest BCUT2D eigenvalue weighted by Crippen LogP contribution is -2.40. The Balaban J connectivity index is 1.49. The molecule has 0 N–H and O–H groups in total. The second-order valence-electron chi connectivity index (χ2n) is 10.8. The van der Waals surface area contributed by atoms with Crippen LogP contribution in [0.2, 0.25) is 0 Å². The van der Waals surface area contributed by atoms with Crippen LogP contribution in [0.1, 0.15) is 62.9 Å². The molecule has 2 aromatic heterocycles. The Hall–Kier alpha value is -3.85. The number of rotatable bonds is 5. The van der Waals surface area contributed by atoms with Crippen molar-refractivity contribution in [3.63, 3.8) is 0 Å². The van der Waals surface area contributed by atoms with E-state index in [1.54, 1.807) is 42.0 Å². The van der Waals surface area contributed by atoms with Crippen LogP contribution in [0.15, 0.2) is 59.5 Å². The van der Waals surface area contributed by atoms with Crippen molar-refractivity contribution in [2.75, 3.05) is 12.0 Å². The number of anilines is 1. The van der Waals surface area contributed by atoms with Crippen molar-refractivity contribution < 1.29 is 18.3 Å². The predicted molar refractivity (Wildman–Crippen MR) is 149 cm³/mol. The van der Waals surface area contributed by atoms with Gasteiger partial charge in [-0.25, -0.2) is 13.8 Å². The van der Waals surface area contributed by atoms with Gasteiger partial charge in [-0.1, -0.05) is 6.07 Å². The van der Waals surface area contributed by atoms with Crippen LogP contribution in [0.25, 0.3) is 22.2 Å². The lowest BCUT2D eigenvalue weighted by atomic mass is 9.91. The van der Waals surface area contributed by atoms with E-state index in [-0.39, 0.29) is 23.6 Å². The summed E-state index contributed by atoms with van der Waals surface area (Å²) in [5, 5.41) is 0. The molecule has 1 saturated heterocycles. The summed E-state index contributed by atoms with van der Waals surface area (Å²) in [6.07, 6.45) is 7.38. The van der Waals surface area contributed by atoms with Gasteiger partial charge in [-0.15, -0.1) is 0 Å². The van der Waals surface area contributed by atoms with Crippen molar-refractivity contribution in [3.8, 4) is 11.1 Å². The number of aryl methyl sites for hydroxylation is 1. The van der Waals surface area contributed by atoms with Gasteiger partial charge in [0.25, 0.3) is 0 Å². The first-order chi connectivity index (χ1) is 19.3. The average molecular weight is 547 g/mol. The second kappa shape index (κ2) is 10.6. The monoisotopic (exact) mass is 546 g/mol. The molecule has 7 nitrogen and oxygen atoms in total. The van der Waals surface area contributed by atoms with E-state index in [2.05, 4.69) is 10.6 Å². The predicted octanol–water partition coefficient (Wildman–Crippen LogP) is 6.07. The fourth-order valence-corrected chi connectivity index (χ4v) is 6.29. The highest BCUT2D eigenvalue weighted by atomic mass is 19.2. The topological polar surface area (TPSA) is 69.4 Å². The number of ether oxygens (including phenoxy) is 1. The Morgan fingerprint density at radius 2 is 1.68 bits per heavy atom. The first kappa shape index (κ1) is 26.4. The summed E-state index contributed by atoms with van der Waals surface area (Å²) >= 11 is 0. The fourth-order valence-electron chi connectivity index (χ4n) is 6.29. The molecule has 208 valence electrons. The highest BCUT2D eigenvalue weighted by Gasteiger charge is 2.36. The molecule has 3 heterocycles. The maximum Gasteiger partial charge on any atom is 0.250 e. The van der Waals surface area contributed by atoms with Crippen molar-refractivity contribution in [2.45, 2.75) is 63.1 Å². The molecule has 2 aromatic carbocycles. The minimum Gasteiger partial charge on any atom is -0.381 e. The molecule has 1 atom stereocenters.